The van der Waals surface area contributed by atoms with E-state index in [2.05, 4.69) is 4.98 Å². The lowest BCUT2D eigenvalue weighted by Crippen LogP contribution is -2.29. The number of nitro benzene ring substituents is 1. The molecular weight excluding hydrogens is 430 g/mol. The van der Waals surface area contributed by atoms with Gasteiger partial charge in [-0.1, -0.05) is 42.0 Å². The molecular formula is C23H19N3O5S. The Balaban J connectivity index is 1.97. The van der Waals surface area contributed by atoms with Crippen molar-refractivity contribution in [1.29, 1.82) is 0 Å². The monoisotopic (exact) mass is 449 g/mol. The van der Waals surface area contributed by atoms with Crippen molar-refractivity contribution in [2.24, 2.45) is 0 Å². The van der Waals surface area contributed by atoms with Crippen LogP contribution in [0.1, 0.15) is 33.3 Å². The first kappa shape index (κ1) is 21.4. The lowest BCUT2D eigenvalue weighted by molar-refractivity contribution is -0.384. The smallest absolute Gasteiger partial charge is 0.301 e. The number of ketones is 1. The van der Waals surface area contributed by atoms with Crippen molar-refractivity contribution in [3.63, 3.8) is 0 Å². The molecule has 1 amide bonds. The minimum absolute atomic E-state index is 0.134. The number of carbonyl (C=O) groups excluding carboxylic acids is 2. The number of aliphatic hydroxyl groups excluding tert-OH is 1. The molecule has 2 aromatic carbocycles. The summed E-state index contributed by atoms with van der Waals surface area (Å²) in [5.74, 6) is -2.05. The second-order valence-electron chi connectivity index (χ2n) is 7.53. The predicted octanol–water partition coefficient (Wildman–Crippen LogP) is 4.60. The highest BCUT2D eigenvalue weighted by molar-refractivity contribution is 7.16. The summed E-state index contributed by atoms with van der Waals surface area (Å²) in [6.45, 7) is 5.53. The van der Waals surface area contributed by atoms with E-state index in [-0.39, 0.29) is 17.0 Å². The summed E-state index contributed by atoms with van der Waals surface area (Å²) in [6.07, 6.45) is 0. The van der Waals surface area contributed by atoms with Gasteiger partial charge in [-0.15, -0.1) is 11.3 Å². The number of nitro groups is 1. The molecule has 8 nitrogen and oxygen atoms in total. The molecule has 0 spiro atoms. The number of hydrogen-bond donors (Lipinski definition) is 1. The first-order chi connectivity index (χ1) is 15.2. The maximum Gasteiger partial charge on any atom is 0.301 e. The molecule has 1 fully saturated rings. The van der Waals surface area contributed by atoms with Crippen molar-refractivity contribution in [1.82, 2.24) is 4.98 Å². The fraction of sp³-hybridized carbons (Fsp3) is 0.174. The average molecular weight is 449 g/mol. The lowest BCUT2D eigenvalue weighted by Gasteiger charge is -2.22. The minimum atomic E-state index is -1.05. The van der Waals surface area contributed by atoms with Gasteiger partial charge >= 0.3 is 5.91 Å². The Kier molecular flexibility index (Phi) is 5.35. The SMILES string of the molecule is Cc1ccc(/C(O)=C2\C(=O)C(=O)N(c3nc(C)c(C)s3)C2c2cccc([N+](=O)[O-])c2)cc1. The molecule has 1 unspecified atom stereocenters. The van der Waals surface area contributed by atoms with Gasteiger partial charge in [0.25, 0.3) is 11.5 Å². The zero-order chi connectivity index (χ0) is 23.2. The summed E-state index contributed by atoms with van der Waals surface area (Å²) < 4.78 is 0. The van der Waals surface area contributed by atoms with E-state index < -0.39 is 22.7 Å². The molecule has 1 N–H and O–H groups in total. The van der Waals surface area contributed by atoms with Gasteiger partial charge in [-0.3, -0.25) is 24.6 Å². The molecule has 0 saturated carbocycles. The van der Waals surface area contributed by atoms with Gasteiger partial charge in [-0.05, 0) is 26.3 Å². The normalized spacial score (nSPS) is 17.7. The molecule has 4 rings (SSSR count). The number of aryl methyl sites for hydroxylation is 3. The van der Waals surface area contributed by atoms with Crippen LogP contribution in [-0.4, -0.2) is 26.7 Å². The van der Waals surface area contributed by atoms with Gasteiger partial charge in [0.05, 0.1) is 22.2 Å². The maximum atomic E-state index is 13.1. The second-order valence-corrected chi connectivity index (χ2v) is 8.71. The van der Waals surface area contributed by atoms with Gasteiger partial charge in [0.15, 0.2) is 5.13 Å². The summed E-state index contributed by atoms with van der Waals surface area (Å²) in [7, 11) is 0. The van der Waals surface area contributed by atoms with Crippen molar-refractivity contribution < 1.29 is 19.6 Å². The van der Waals surface area contributed by atoms with Crippen LogP contribution < -0.4 is 4.90 Å². The number of anilines is 1. The highest BCUT2D eigenvalue weighted by Crippen LogP contribution is 2.44. The largest absolute Gasteiger partial charge is 0.507 e. The Morgan fingerprint density at radius 3 is 2.41 bits per heavy atom. The molecule has 3 aromatic rings. The van der Waals surface area contributed by atoms with Crippen LogP contribution in [0.5, 0.6) is 0 Å². The summed E-state index contributed by atoms with van der Waals surface area (Å²) in [5, 5.41) is 22.7. The third-order valence-corrected chi connectivity index (χ3v) is 6.46. The molecule has 0 radical (unpaired) electrons. The molecule has 9 heteroatoms. The van der Waals surface area contributed by atoms with Crippen LogP contribution in [-0.2, 0) is 9.59 Å². The number of aromatic nitrogens is 1. The Hall–Kier alpha value is -3.85. The number of carbonyl (C=O) groups is 2. The topological polar surface area (TPSA) is 114 Å². The highest BCUT2D eigenvalue weighted by Gasteiger charge is 2.48. The number of benzene rings is 2. The van der Waals surface area contributed by atoms with Crippen LogP contribution in [0, 0.1) is 30.9 Å². The van der Waals surface area contributed by atoms with E-state index in [4.69, 9.17) is 0 Å². The number of aliphatic hydroxyl groups is 1. The number of amides is 1. The highest BCUT2D eigenvalue weighted by atomic mass is 32.1. The molecule has 1 atom stereocenters. The molecule has 162 valence electrons. The van der Waals surface area contributed by atoms with Crippen molar-refractivity contribution >= 4 is 39.6 Å². The van der Waals surface area contributed by atoms with Gasteiger partial charge in [-0.25, -0.2) is 4.98 Å². The Morgan fingerprint density at radius 1 is 1.12 bits per heavy atom. The van der Waals surface area contributed by atoms with E-state index in [1.165, 1.54) is 34.4 Å². The van der Waals surface area contributed by atoms with Crippen molar-refractivity contribution in [2.75, 3.05) is 4.90 Å². The van der Waals surface area contributed by atoms with Crippen molar-refractivity contribution in [2.45, 2.75) is 26.8 Å². The quantitative estimate of drug-likeness (QED) is 0.205. The lowest BCUT2D eigenvalue weighted by atomic mass is 9.95. The van der Waals surface area contributed by atoms with Gasteiger partial charge in [0.2, 0.25) is 0 Å². The molecule has 1 saturated heterocycles. The average Bonchev–Trinajstić information content (AvgIpc) is 3.23. The zero-order valence-electron chi connectivity index (χ0n) is 17.5. The predicted molar refractivity (Wildman–Crippen MR) is 121 cm³/mol. The number of hydrogen-bond acceptors (Lipinski definition) is 7. The van der Waals surface area contributed by atoms with Gasteiger partial charge in [-0.2, -0.15) is 0 Å². The first-order valence-electron chi connectivity index (χ1n) is 9.75. The third-order valence-electron chi connectivity index (χ3n) is 5.39. The Morgan fingerprint density at radius 2 is 1.81 bits per heavy atom. The van der Waals surface area contributed by atoms with Gasteiger partial charge in [0, 0.05) is 22.6 Å². The van der Waals surface area contributed by atoms with Crippen LogP contribution in [0.4, 0.5) is 10.8 Å². The number of thiazole rings is 1. The maximum absolute atomic E-state index is 13.1. The van der Waals surface area contributed by atoms with E-state index in [1.54, 1.807) is 37.3 Å². The van der Waals surface area contributed by atoms with Gasteiger partial charge < -0.3 is 5.11 Å². The van der Waals surface area contributed by atoms with Gasteiger partial charge in [0.1, 0.15) is 5.76 Å². The summed E-state index contributed by atoms with van der Waals surface area (Å²) in [6, 6.07) is 11.5. The summed E-state index contributed by atoms with van der Waals surface area (Å²) >= 11 is 1.24. The molecule has 0 bridgehead atoms. The fourth-order valence-electron chi connectivity index (χ4n) is 3.58. The summed E-state index contributed by atoms with van der Waals surface area (Å²) in [4.78, 5) is 43.5. The van der Waals surface area contributed by atoms with Crippen LogP contribution >= 0.6 is 11.3 Å². The zero-order valence-corrected chi connectivity index (χ0v) is 18.3. The minimum Gasteiger partial charge on any atom is -0.507 e. The number of nitrogens with zero attached hydrogens (tertiary/aromatic N) is 3. The molecule has 0 aliphatic carbocycles. The van der Waals surface area contributed by atoms with E-state index in [1.807, 2.05) is 13.8 Å². The second kappa shape index (κ2) is 8.01. The van der Waals surface area contributed by atoms with Crippen LogP contribution in [0.3, 0.4) is 0 Å². The van der Waals surface area contributed by atoms with E-state index in [0.717, 1.165) is 10.4 Å². The first-order valence-corrected chi connectivity index (χ1v) is 10.6. The summed E-state index contributed by atoms with van der Waals surface area (Å²) in [5.41, 5.74) is 2.06. The number of Topliss-reactive ketones (excluding diaryl/α,β-unsaturated/α-hetero) is 1. The fourth-order valence-corrected chi connectivity index (χ4v) is 4.52. The Bertz CT molecular complexity index is 1270. The van der Waals surface area contributed by atoms with E-state index in [9.17, 15) is 24.8 Å². The molecule has 2 heterocycles. The van der Waals surface area contributed by atoms with Crippen LogP contribution in [0.25, 0.3) is 5.76 Å². The van der Waals surface area contributed by atoms with Crippen LogP contribution in [0.15, 0.2) is 54.1 Å². The van der Waals surface area contributed by atoms with Crippen LogP contribution in [0.2, 0.25) is 0 Å². The van der Waals surface area contributed by atoms with Crippen molar-refractivity contribution in [3.8, 4) is 0 Å². The molecule has 1 aliphatic heterocycles. The van der Waals surface area contributed by atoms with Crippen molar-refractivity contribution in [3.05, 3.63) is 91.5 Å². The molecule has 1 aromatic heterocycles. The van der Waals surface area contributed by atoms with E-state index >= 15 is 0 Å². The third kappa shape index (κ3) is 3.56. The molecule has 32 heavy (non-hydrogen) atoms. The number of rotatable bonds is 4. The Labute approximate surface area is 187 Å². The molecule has 1 aliphatic rings. The van der Waals surface area contributed by atoms with E-state index in [0.29, 0.717) is 22.0 Å². The number of non-ortho nitro benzene ring substituents is 1. The standard InChI is InChI=1S/C23H19N3O5S/c1-12-7-9-15(10-8-12)20(27)18-19(16-5-4-6-17(11-16)26(30)31)25(22(29)21(18)28)23-24-13(2)14(3)32-23/h4-11,19,27H,1-3H3/b20-18+.